The summed E-state index contributed by atoms with van der Waals surface area (Å²) in [5, 5.41) is 11.9. The fraction of sp³-hybridized carbons (Fsp3) is 0. The molecule has 7 nitrogen and oxygen atoms in total. The average Bonchev–Trinajstić information content (AvgIpc) is 3.21. The molecule has 0 aliphatic carbocycles. The van der Waals surface area contributed by atoms with Gasteiger partial charge in [-0.1, -0.05) is 54.6 Å². The maximum absolute atomic E-state index is 13.3. The second kappa shape index (κ2) is 7.07. The van der Waals surface area contributed by atoms with Crippen molar-refractivity contribution in [1.82, 2.24) is 0 Å². The fourth-order valence-electron chi connectivity index (χ4n) is 3.64. The zero-order chi connectivity index (χ0) is 21.5. The van der Waals surface area contributed by atoms with E-state index in [0.29, 0.717) is 22.1 Å². The Hall–Kier alpha value is -4.52. The molecule has 0 saturated heterocycles. The lowest BCUT2D eigenvalue weighted by atomic mass is 9.98. The molecule has 2 heterocycles. The molecule has 0 radical (unpaired) electrons. The van der Waals surface area contributed by atoms with Crippen molar-refractivity contribution in [2.24, 2.45) is 0 Å². The van der Waals surface area contributed by atoms with Crippen LogP contribution in [0.1, 0.15) is 16.1 Å². The molecule has 7 heteroatoms. The Morgan fingerprint density at radius 2 is 1.61 bits per heavy atom. The van der Waals surface area contributed by atoms with Crippen LogP contribution in [0.15, 0.2) is 92.5 Å². The molecule has 0 saturated carbocycles. The van der Waals surface area contributed by atoms with Gasteiger partial charge in [0.05, 0.1) is 10.3 Å². The van der Waals surface area contributed by atoms with Crippen LogP contribution in [-0.4, -0.2) is 10.7 Å². The normalized spacial score (nSPS) is 11.1. The standard InChI is InChI=1S/C24H13NO6/c26-21(14-7-2-1-3-8-14)23-19(15-9-6-10-16(13-15)25(28)29)20-22(31-23)17-11-4-5-12-18(17)30-24(20)27/h1-13H. The van der Waals surface area contributed by atoms with Crippen molar-refractivity contribution in [3.63, 3.8) is 0 Å². The predicted octanol–water partition coefficient (Wildman–Crippen LogP) is 5.35. The van der Waals surface area contributed by atoms with Gasteiger partial charge in [0.2, 0.25) is 5.78 Å². The first-order chi connectivity index (χ1) is 15.0. The van der Waals surface area contributed by atoms with E-state index in [1.165, 1.54) is 18.2 Å². The molecule has 150 valence electrons. The number of furan rings is 1. The molecular formula is C24H13NO6. The van der Waals surface area contributed by atoms with Crippen LogP contribution >= 0.6 is 0 Å². The van der Waals surface area contributed by atoms with E-state index in [1.807, 2.05) is 0 Å². The first kappa shape index (κ1) is 18.5. The summed E-state index contributed by atoms with van der Waals surface area (Å²) in [6.07, 6.45) is 0. The summed E-state index contributed by atoms with van der Waals surface area (Å²) in [5.74, 6) is -0.521. The minimum atomic E-state index is -0.689. The number of rotatable bonds is 4. The summed E-state index contributed by atoms with van der Waals surface area (Å²) in [7, 11) is 0. The lowest BCUT2D eigenvalue weighted by Crippen LogP contribution is -2.03. The molecule has 5 rings (SSSR count). The Morgan fingerprint density at radius 3 is 2.39 bits per heavy atom. The molecule has 0 spiro atoms. The molecule has 0 N–H and O–H groups in total. The third-order valence-corrected chi connectivity index (χ3v) is 5.03. The number of ketones is 1. The zero-order valence-corrected chi connectivity index (χ0v) is 15.9. The third-order valence-electron chi connectivity index (χ3n) is 5.03. The minimum Gasteiger partial charge on any atom is -0.451 e. The maximum Gasteiger partial charge on any atom is 0.348 e. The molecule has 0 aliphatic rings. The Balaban J connectivity index is 1.90. The van der Waals surface area contributed by atoms with E-state index in [1.54, 1.807) is 60.7 Å². The molecule has 0 aliphatic heterocycles. The number of para-hydroxylation sites is 1. The van der Waals surface area contributed by atoms with Crippen LogP contribution in [0, 0.1) is 10.1 Å². The van der Waals surface area contributed by atoms with Gasteiger partial charge < -0.3 is 8.83 Å². The number of nitro groups is 1. The maximum atomic E-state index is 13.3. The molecule has 0 atom stereocenters. The smallest absolute Gasteiger partial charge is 0.348 e. The highest BCUT2D eigenvalue weighted by Crippen LogP contribution is 2.38. The molecule has 3 aromatic carbocycles. The van der Waals surface area contributed by atoms with Crippen molar-refractivity contribution in [3.05, 3.63) is 111 Å². The van der Waals surface area contributed by atoms with Gasteiger partial charge in [-0.05, 0) is 17.7 Å². The molecule has 31 heavy (non-hydrogen) atoms. The number of fused-ring (bicyclic) bond motifs is 3. The number of nitrogens with zero attached hydrogens (tertiary/aromatic N) is 1. The van der Waals surface area contributed by atoms with E-state index < -0.39 is 16.3 Å². The summed E-state index contributed by atoms with van der Waals surface area (Å²) in [4.78, 5) is 37.0. The monoisotopic (exact) mass is 411 g/mol. The average molecular weight is 411 g/mol. The van der Waals surface area contributed by atoms with Crippen LogP contribution < -0.4 is 5.63 Å². The molecule has 0 fully saturated rings. The third kappa shape index (κ3) is 3.00. The fourth-order valence-corrected chi connectivity index (χ4v) is 3.64. The van der Waals surface area contributed by atoms with Crippen molar-refractivity contribution in [2.75, 3.05) is 0 Å². The molecule has 0 bridgehead atoms. The Labute approximate surface area is 174 Å². The lowest BCUT2D eigenvalue weighted by Gasteiger charge is -2.03. The van der Waals surface area contributed by atoms with Crippen LogP contribution in [0.5, 0.6) is 0 Å². The highest BCUT2D eigenvalue weighted by molar-refractivity contribution is 6.18. The Kier molecular flexibility index (Phi) is 4.22. The highest BCUT2D eigenvalue weighted by Gasteiger charge is 2.27. The van der Waals surface area contributed by atoms with E-state index in [2.05, 4.69) is 0 Å². The van der Waals surface area contributed by atoms with Crippen LogP contribution in [0.3, 0.4) is 0 Å². The molecule has 0 unspecified atom stereocenters. The van der Waals surface area contributed by atoms with E-state index in [0.717, 1.165) is 0 Å². The first-order valence-corrected chi connectivity index (χ1v) is 9.37. The quantitative estimate of drug-likeness (QED) is 0.171. The number of benzene rings is 3. The largest absolute Gasteiger partial charge is 0.451 e. The highest BCUT2D eigenvalue weighted by atomic mass is 16.6. The summed E-state index contributed by atoms with van der Waals surface area (Å²) >= 11 is 0. The number of carbonyl (C=O) groups excluding carboxylic acids is 1. The molecular weight excluding hydrogens is 398 g/mol. The first-order valence-electron chi connectivity index (χ1n) is 9.37. The van der Waals surface area contributed by atoms with Gasteiger partial charge in [0.1, 0.15) is 11.0 Å². The summed E-state index contributed by atoms with van der Waals surface area (Å²) < 4.78 is 11.4. The van der Waals surface area contributed by atoms with E-state index in [-0.39, 0.29) is 28.0 Å². The van der Waals surface area contributed by atoms with Crippen LogP contribution in [0.4, 0.5) is 5.69 Å². The van der Waals surface area contributed by atoms with Crippen LogP contribution in [0.25, 0.3) is 33.1 Å². The predicted molar refractivity (Wildman–Crippen MR) is 114 cm³/mol. The lowest BCUT2D eigenvalue weighted by molar-refractivity contribution is -0.384. The summed E-state index contributed by atoms with van der Waals surface area (Å²) in [6.45, 7) is 0. The molecule has 5 aromatic rings. The Morgan fingerprint density at radius 1 is 0.871 bits per heavy atom. The number of nitro benzene ring substituents is 1. The van der Waals surface area contributed by atoms with E-state index >= 15 is 0 Å². The van der Waals surface area contributed by atoms with E-state index in [4.69, 9.17) is 8.83 Å². The molecule has 0 amide bonds. The van der Waals surface area contributed by atoms with Gasteiger partial charge in [-0.3, -0.25) is 14.9 Å². The van der Waals surface area contributed by atoms with Gasteiger partial charge in [0.25, 0.3) is 5.69 Å². The van der Waals surface area contributed by atoms with Crippen molar-refractivity contribution >= 4 is 33.4 Å². The number of hydrogen-bond donors (Lipinski definition) is 0. The minimum absolute atomic E-state index is 0.0680. The zero-order valence-electron chi connectivity index (χ0n) is 15.9. The Bertz CT molecular complexity index is 1550. The second-order valence-corrected chi connectivity index (χ2v) is 6.90. The van der Waals surface area contributed by atoms with Crippen molar-refractivity contribution in [3.8, 4) is 11.1 Å². The second-order valence-electron chi connectivity index (χ2n) is 6.90. The number of non-ortho nitro benzene ring substituents is 1. The van der Waals surface area contributed by atoms with Crippen molar-refractivity contribution < 1.29 is 18.6 Å². The van der Waals surface area contributed by atoms with Gasteiger partial charge in [0.15, 0.2) is 11.3 Å². The van der Waals surface area contributed by atoms with E-state index in [9.17, 15) is 19.7 Å². The van der Waals surface area contributed by atoms with Crippen molar-refractivity contribution in [1.29, 1.82) is 0 Å². The van der Waals surface area contributed by atoms with Crippen LogP contribution in [-0.2, 0) is 0 Å². The SMILES string of the molecule is O=C(c1ccccc1)c1oc2c(c1-c1cccc([N+](=O)[O-])c1)c(=O)oc1ccccc12. The molecule has 2 aromatic heterocycles. The van der Waals surface area contributed by atoms with Gasteiger partial charge in [-0.15, -0.1) is 0 Å². The summed E-state index contributed by atoms with van der Waals surface area (Å²) in [5.41, 5.74) is 0.510. The topological polar surface area (TPSA) is 104 Å². The van der Waals surface area contributed by atoms with Gasteiger partial charge in [0, 0.05) is 23.3 Å². The summed E-state index contributed by atoms with van der Waals surface area (Å²) in [6, 6.07) is 21.0. The van der Waals surface area contributed by atoms with Crippen LogP contribution in [0.2, 0.25) is 0 Å². The number of hydrogen-bond acceptors (Lipinski definition) is 6. The van der Waals surface area contributed by atoms with Gasteiger partial charge >= 0.3 is 5.63 Å². The van der Waals surface area contributed by atoms with Crippen molar-refractivity contribution in [2.45, 2.75) is 0 Å². The van der Waals surface area contributed by atoms with Gasteiger partial charge in [-0.25, -0.2) is 4.79 Å². The van der Waals surface area contributed by atoms with Gasteiger partial charge in [-0.2, -0.15) is 0 Å². The number of carbonyl (C=O) groups is 1.